The molecular weight excluding hydrogens is 186 g/mol. The standard InChI is InChI=1S/C8H15N3O3/c1-5(12)11-6(8(14)10-2)3-4-7(9)13/h6H,3-4H2,1-2H3,(H2,9,13)(H,10,14)(H,11,12)/t6-/m0/s1. The molecule has 0 aliphatic carbocycles. The second kappa shape index (κ2) is 5.95. The molecule has 0 rings (SSSR count). The summed E-state index contributed by atoms with van der Waals surface area (Å²) in [6, 6.07) is -0.690. The zero-order chi connectivity index (χ0) is 11.1. The van der Waals surface area contributed by atoms with Crippen LogP contribution in [0.25, 0.3) is 0 Å². The largest absolute Gasteiger partial charge is 0.370 e. The van der Waals surface area contributed by atoms with Crippen LogP contribution in [-0.2, 0) is 14.4 Å². The first kappa shape index (κ1) is 12.4. The normalized spacial score (nSPS) is 11.6. The van der Waals surface area contributed by atoms with E-state index in [1.165, 1.54) is 14.0 Å². The number of hydrogen-bond donors (Lipinski definition) is 3. The summed E-state index contributed by atoms with van der Waals surface area (Å²) >= 11 is 0. The molecule has 0 aromatic heterocycles. The molecule has 3 amide bonds. The number of carbonyl (C=O) groups excluding carboxylic acids is 3. The first-order chi connectivity index (χ1) is 6.47. The van der Waals surface area contributed by atoms with Crippen LogP contribution in [0.2, 0.25) is 0 Å². The van der Waals surface area contributed by atoms with Gasteiger partial charge in [-0.25, -0.2) is 0 Å². The highest BCUT2D eigenvalue weighted by molar-refractivity contribution is 5.87. The van der Waals surface area contributed by atoms with Gasteiger partial charge < -0.3 is 16.4 Å². The second-order valence-corrected chi connectivity index (χ2v) is 2.87. The van der Waals surface area contributed by atoms with Gasteiger partial charge in [0.1, 0.15) is 6.04 Å². The monoisotopic (exact) mass is 201 g/mol. The number of hydrogen-bond acceptors (Lipinski definition) is 3. The molecule has 4 N–H and O–H groups in total. The van der Waals surface area contributed by atoms with Crippen LogP contribution >= 0.6 is 0 Å². The zero-order valence-electron chi connectivity index (χ0n) is 8.29. The summed E-state index contributed by atoms with van der Waals surface area (Å²) in [7, 11) is 1.46. The molecule has 0 radical (unpaired) electrons. The van der Waals surface area contributed by atoms with Gasteiger partial charge in [-0.1, -0.05) is 0 Å². The molecule has 1 atom stereocenters. The molecule has 0 aromatic rings. The Morgan fingerprint density at radius 3 is 2.29 bits per heavy atom. The Morgan fingerprint density at radius 2 is 1.93 bits per heavy atom. The molecule has 0 heterocycles. The van der Waals surface area contributed by atoms with Gasteiger partial charge in [0.05, 0.1) is 0 Å². The van der Waals surface area contributed by atoms with Crippen LogP contribution in [0.1, 0.15) is 19.8 Å². The third kappa shape index (κ3) is 5.13. The van der Waals surface area contributed by atoms with Crippen LogP contribution in [0.5, 0.6) is 0 Å². The maximum Gasteiger partial charge on any atom is 0.242 e. The lowest BCUT2D eigenvalue weighted by molar-refractivity contribution is -0.128. The van der Waals surface area contributed by atoms with Crippen molar-refractivity contribution in [3.8, 4) is 0 Å². The summed E-state index contributed by atoms with van der Waals surface area (Å²) in [4.78, 5) is 32.4. The molecule has 80 valence electrons. The Kier molecular flexibility index (Phi) is 5.28. The topological polar surface area (TPSA) is 101 Å². The van der Waals surface area contributed by atoms with Crippen molar-refractivity contribution in [2.75, 3.05) is 7.05 Å². The van der Waals surface area contributed by atoms with E-state index in [4.69, 9.17) is 5.73 Å². The Labute approximate surface area is 82.2 Å². The Hall–Kier alpha value is -1.59. The van der Waals surface area contributed by atoms with Gasteiger partial charge in [0.25, 0.3) is 0 Å². The first-order valence-electron chi connectivity index (χ1n) is 4.24. The third-order valence-corrected chi connectivity index (χ3v) is 1.62. The molecule has 0 fully saturated rings. The number of carbonyl (C=O) groups is 3. The fourth-order valence-electron chi connectivity index (χ4n) is 0.975. The molecule has 0 aliphatic rings. The Bertz CT molecular complexity index is 240. The first-order valence-corrected chi connectivity index (χ1v) is 4.24. The number of nitrogens with two attached hydrogens (primary N) is 1. The molecular formula is C8H15N3O3. The quantitative estimate of drug-likeness (QED) is 0.504. The zero-order valence-corrected chi connectivity index (χ0v) is 8.29. The van der Waals surface area contributed by atoms with Crippen molar-refractivity contribution in [2.45, 2.75) is 25.8 Å². The van der Waals surface area contributed by atoms with E-state index in [0.29, 0.717) is 0 Å². The Balaban J connectivity index is 4.17. The number of nitrogens with one attached hydrogen (secondary N) is 2. The minimum atomic E-state index is -0.690. The molecule has 0 aliphatic heterocycles. The highest BCUT2D eigenvalue weighted by Gasteiger charge is 2.18. The summed E-state index contributed by atoms with van der Waals surface area (Å²) in [5, 5.41) is 4.82. The lowest BCUT2D eigenvalue weighted by Crippen LogP contribution is -2.45. The molecule has 14 heavy (non-hydrogen) atoms. The fraction of sp³-hybridized carbons (Fsp3) is 0.625. The van der Waals surface area contributed by atoms with Crippen molar-refractivity contribution in [2.24, 2.45) is 5.73 Å². The molecule has 0 spiro atoms. The van der Waals surface area contributed by atoms with Crippen molar-refractivity contribution in [3.05, 3.63) is 0 Å². The minimum absolute atomic E-state index is 0.0678. The van der Waals surface area contributed by atoms with Crippen molar-refractivity contribution < 1.29 is 14.4 Å². The number of amides is 3. The molecule has 0 saturated carbocycles. The van der Waals surface area contributed by atoms with Crippen LogP contribution in [0.4, 0.5) is 0 Å². The van der Waals surface area contributed by atoms with Gasteiger partial charge in [-0.3, -0.25) is 14.4 Å². The summed E-state index contributed by atoms with van der Waals surface area (Å²) in [6.07, 6.45) is 0.285. The predicted octanol–water partition coefficient (Wildman–Crippen LogP) is -1.50. The maximum atomic E-state index is 11.2. The highest BCUT2D eigenvalue weighted by Crippen LogP contribution is 1.96. The van der Waals surface area contributed by atoms with Gasteiger partial charge >= 0.3 is 0 Å². The maximum absolute atomic E-state index is 11.2. The van der Waals surface area contributed by atoms with Crippen molar-refractivity contribution in [1.82, 2.24) is 10.6 Å². The number of likely N-dealkylation sites (N-methyl/N-ethyl adjacent to an activating group) is 1. The molecule has 0 saturated heterocycles. The van der Waals surface area contributed by atoms with Crippen LogP contribution in [-0.4, -0.2) is 30.8 Å². The van der Waals surface area contributed by atoms with Crippen molar-refractivity contribution in [1.29, 1.82) is 0 Å². The smallest absolute Gasteiger partial charge is 0.242 e. The van der Waals surface area contributed by atoms with Gasteiger partial charge in [-0.15, -0.1) is 0 Å². The third-order valence-electron chi connectivity index (χ3n) is 1.62. The lowest BCUT2D eigenvalue weighted by Gasteiger charge is -2.14. The summed E-state index contributed by atoms with van der Waals surface area (Å²) < 4.78 is 0. The number of primary amides is 1. The van der Waals surface area contributed by atoms with Crippen molar-refractivity contribution in [3.63, 3.8) is 0 Å². The van der Waals surface area contributed by atoms with E-state index in [9.17, 15) is 14.4 Å². The molecule has 6 heteroatoms. The molecule has 0 bridgehead atoms. The van der Waals surface area contributed by atoms with E-state index in [1.54, 1.807) is 0 Å². The van der Waals surface area contributed by atoms with E-state index in [2.05, 4.69) is 10.6 Å². The minimum Gasteiger partial charge on any atom is -0.370 e. The molecule has 0 unspecified atom stereocenters. The summed E-state index contributed by atoms with van der Waals surface area (Å²) in [5.74, 6) is -1.14. The molecule has 0 aromatic carbocycles. The Morgan fingerprint density at radius 1 is 1.36 bits per heavy atom. The summed E-state index contributed by atoms with van der Waals surface area (Å²) in [5.41, 5.74) is 4.93. The van der Waals surface area contributed by atoms with Gasteiger partial charge in [0.15, 0.2) is 0 Å². The van der Waals surface area contributed by atoms with E-state index in [-0.39, 0.29) is 24.7 Å². The van der Waals surface area contributed by atoms with E-state index in [1.807, 2.05) is 0 Å². The van der Waals surface area contributed by atoms with Crippen LogP contribution in [0, 0.1) is 0 Å². The van der Waals surface area contributed by atoms with E-state index >= 15 is 0 Å². The van der Waals surface area contributed by atoms with Gasteiger partial charge in [-0.2, -0.15) is 0 Å². The SMILES string of the molecule is CNC(=O)[C@H](CCC(N)=O)NC(C)=O. The van der Waals surface area contributed by atoms with Crippen molar-refractivity contribution >= 4 is 17.7 Å². The van der Waals surface area contributed by atoms with Crippen LogP contribution in [0.15, 0.2) is 0 Å². The molecule has 6 nitrogen and oxygen atoms in total. The van der Waals surface area contributed by atoms with E-state index in [0.717, 1.165) is 0 Å². The highest BCUT2D eigenvalue weighted by atomic mass is 16.2. The number of rotatable bonds is 5. The van der Waals surface area contributed by atoms with Gasteiger partial charge in [0, 0.05) is 20.4 Å². The lowest BCUT2D eigenvalue weighted by atomic mass is 10.1. The van der Waals surface area contributed by atoms with Gasteiger partial charge in [0.2, 0.25) is 17.7 Å². The van der Waals surface area contributed by atoms with Crippen LogP contribution < -0.4 is 16.4 Å². The van der Waals surface area contributed by atoms with E-state index < -0.39 is 11.9 Å². The average Bonchev–Trinajstić information content (AvgIpc) is 2.10. The fourth-order valence-corrected chi connectivity index (χ4v) is 0.975. The average molecular weight is 201 g/mol. The van der Waals surface area contributed by atoms with Gasteiger partial charge in [-0.05, 0) is 6.42 Å². The summed E-state index contributed by atoms with van der Waals surface area (Å²) in [6.45, 7) is 1.31. The van der Waals surface area contributed by atoms with Crippen LogP contribution in [0.3, 0.4) is 0 Å². The second-order valence-electron chi connectivity index (χ2n) is 2.87. The predicted molar refractivity (Wildman–Crippen MR) is 50.1 cm³/mol.